The first kappa shape index (κ1) is 19.1. The van der Waals surface area contributed by atoms with E-state index in [4.69, 9.17) is 4.98 Å². The van der Waals surface area contributed by atoms with Crippen LogP contribution in [-0.4, -0.2) is 27.2 Å². The van der Waals surface area contributed by atoms with Gasteiger partial charge >= 0.3 is 0 Å². The number of carbonyl (C=O) groups excluding carboxylic acids is 2. The van der Waals surface area contributed by atoms with Crippen molar-refractivity contribution in [2.75, 3.05) is 0 Å². The molecule has 2 amide bonds. The Labute approximate surface area is 160 Å². The second-order valence-electron chi connectivity index (χ2n) is 8.15. The predicted molar refractivity (Wildman–Crippen MR) is 108 cm³/mol. The first-order chi connectivity index (χ1) is 12.6. The van der Waals surface area contributed by atoms with Gasteiger partial charge in [-0.3, -0.25) is 9.59 Å². The van der Waals surface area contributed by atoms with Crippen molar-refractivity contribution in [1.29, 1.82) is 0 Å². The number of aromatic nitrogens is 1. The molecule has 1 aliphatic heterocycles. The number of hydrogen-bond acceptors (Lipinski definition) is 3. The van der Waals surface area contributed by atoms with Gasteiger partial charge in [-0.25, -0.2) is 4.98 Å². The quantitative estimate of drug-likeness (QED) is 0.876. The number of benzene rings is 1. The maximum absolute atomic E-state index is 13.1. The summed E-state index contributed by atoms with van der Waals surface area (Å²) in [5.74, 6) is -0.369. The van der Waals surface area contributed by atoms with E-state index in [1.165, 1.54) is 17.4 Å². The average Bonchev–Trinajstić information content (AvgIpc) is 2.57. The predicted octanol–water partition coefficient (Wildman–Crippen LogP) is 3.98. The molecule has 5 heteroatoms. The van der Waals surface area contributed by atoms with Gasteiger partial charge in [-0.1, -0.05) is 25.1 Å². The molecule has 0 spiro atoms. The number of carbonyl (C=O) groups is 2. The zero-order valence-electron chi connectivity index (χ0n) is 16.9. The lowest BCUT2D eigenvalue weighted by Crippen LogP contribution is -2.48. The van der Waals surface area contributed by atoms with Crippen molar-refractivity contribution in [2.45, 2.75) is 59.5 Å². The molecule has 2 aromatic rings. The fourth-order valence-corrected chi connectivity index (χ4v) is 3.56. The van der Waals surface area contributed by atoms with E-state index in [0.29, 0.717) is 0 Å². The molecule has 1 unspecified atom stereocenters. The minimum atomic E-state index is -0.720. The summed E-state index contributed by atoms with van der Waals surface area (Å²) in [6.45, 7) is 11.3. The third-order valence-electron chi connectivity index (χ3n) is 4.73. The van der Waals surface area contributed by atoms with Crippen molar-refractivity contribution >= 4 is 28.3 Å². The first-order valence-corrected chi connectivity index (χ1v) is 9.34. The maximum Gasteiger partial charge on any atom is 0.248 e. The van der Waals surface area contributed by atoms with E-state index in [1.807, 2.05) is 45.9 Å². The molecule has 27 heavy (non-hydrogen) atoms. The Morgan fingerprint density at radius 2 is 1.96 bits per heavy atom. The third-order valence-corrected chi connectivity index (χ3v) is 4.73. The molecule has 1 aromatic heterocycles. The van der Waals surface area contributed by atoms with Gasteiger partial charge in [0.25, 0.3) is 0 Å². The monoisotopic (exact) mass is 365 g/mol. The Balaban J connectivity index is 2.23. The molecular formula is C22H27N3O2. The van der Waals surface area contributed by atoms with Gasteiger partial charge in [-0.15, -0.1) is 0 Å². The van der Waals surface area contributed by atoms with Gasteiger partial charge in [0.15, 0.2) is 0 Å². The highest BCUT2D eigenvalue weighted by atomic mass is 16.2. The normalized spacial score (nSPS) is 16.7. The van der Waals surface area contributed by atoms with Gasteiger partial charge in [-0.05, 0) is 51.3 Å². The Kier molecular flexibility index (Phi) is 4.81. The molecule has 2 heterocycles. The number of rotatable bonds is 2. The van der Waals surface area contributed by atoms with E-state index in [1.54, 1.807) is 6.20 Å². The fraction of sp³-hybridized carbons (Fsp3) is 0.409. The van der Waals surface area contributed by atoms with E-state index in [-0.39, 0.29) is 11.8 Å². The lowest BCUT2D eigenvalue weighted by atomic mass is 9.92. The van der Waals surface area contributed by atoms with E-state index in [0.717, 1.165) is 34.2 Å². The van der Waals surface area contributed by atoms with Crippen LogP contribution in [0.3, 0.4) is 0 Å². The van der Waals surface area contributed by atoms with Gasteiger partial charge in [0.2, 0.25) is 11.8 Å². The Bertz CT molecular complexity index is 954. The standard InChI is InChI=1S/C22H27N3O2/c1-7-15-9-8-10-16-11-17-18(23-19(15)16)13(2)12-25(14(3)26)20(17)21(27)24-22(4,5)6/h8-12,20H,7H2,1-6H3,(H,24,27). The van der Waals surface area contributed by atoms with Crippen molar-refractivity contribution in [3.05, 3.63) is 47.3 Å². The smallest absolute Gasteiger partial charge is 0.248 e. The van der Waals surface area contributed by atoms with Crippen molar-refractivity contribution in [3.63, 3.8) is 0 Å². The number of allylic oxidation sites excluding steroid dienone is 1. The second kappa shape index (κ2) is 6.80. The summed E-state index contributed by atoms with van der Waals surface area (Å²) in [7, 11) is 0. The van der Waals surface area contributed by atoms with Crippen molar-refractivity contribution in [1.82, 2.24) is 15.2 Å². The zero-order chi connectivity index (χ0) is 19.9. The minimum absolute atomic E-state index is 0.170. The molecule has 1 N–H and O–H groups in total. The van der Waals surface area contributed by atoms with Crippen LogP contribution in [0.5, 0.6) is 0 Å². The van der Waals surface area contributed by atoms with Crippen LogP contribution < -0.4 is 5.32 Å². The van der Waals surface area contributed by atoms with Crippen molar-refractivity contribution in [3.8, 4) is 0 Å². The molecule has 3 rings (SSSR count). The molecule has 1 aliphatic rings. The lowest BCUT2D eigenvalue weighted by molar-refractivity contribution is -0.137. The summed E-state index contributed by atoms with van der Waals surface area (Å²) in [6.07, 6.45) is 2.63. The summed E-state index contributed by atoms with van der Waals surface area (Å²) >= 11 is 0. The van der Waals surface area contributed by atoms with Crippen LogP contribution in [0.15, 0.2) is 30.5 Å². The van der Waals surface area contributed by atoms with Gasteiger partial charge in [0, 0.05) is 29.6 Å². The summed E-state index contributed by atoms with van der Waals surface area (Å²) in [5.41, 5.74) is 4.18. The molecule has 0 radical (unpaired) electrons. The van der Waals surface area contributed by atoms with Gasteiger partial charge in [0.05, 0.1) is 11.2 Å². The number of fused-ring (bicyclic) bond motifs is 2. The molecular weight excluding hydrogens is 338 g/mol. The maximum atomic E-state index is 13.1. The topological polar surface area (TPSA) is 62.3 Å². The van der Waals surface area contributed by atoms with Crippen LogP contribution in [0.2, 0.25) is 0 Å². The number of pyridine rings is 1. The highest BCUT2D eigenvalue weighted by Gasteiger charge is 2.36. The summed E-state index contributed by atoms with van der Waals surface area (Å²) in [5, 5.41) is 4.00. The molecule has 5 nitrogen and oxygen atoms in total. The van der Waals surface area contributed by atoms with Crippen LogP contribution in [-0.2, 0) is 16.0 Å². The van der Waals surface area contributed by atoms with Crippen LogP contribution in [0.25, 0.3) is 16.5 Å². The average molecular weight is 365 g/mol. The second-order valence-corrected chi connectivity index (χ2v) is 8.15. The zero-order valence-corrected chi connectivity index (χ0v) is 16.9. The number of amides is 2. The molecule has 0 saturated carbocycles. The Hall–Kier alpha value is -2.69. The minimum Gasteiger partial charge on any atom is -0.349 e. The number of nitrogens with one attached hydrogen (secondary N) is 1. The highest BCUT2D eigenvalue weighted by Crippen LogP contribution is 2.36. The number of hydrogen-bond donors (Lipinski definition) is 1. The fourth-order valence-electron chi connectivity index (χ4n) is 3.56. The molecule has 1 atom stereocenters. The van der Waals surface area contributed by atoms with Crippen LogP contribution in [0.4, 0.5) is 0 Å². The Morgan fingerprint density at radius 1 is 1.26 bits per heavy atom. The third kappa shape index (κ3) is 3.59. The number of aryl methyl sites for hydroxylation is 1. The van der Waals surface area contributed by atoms with Gasteiger partial charge < -0.3 is 10.2 Å². The first-order valence-electron chi connectivity index (χ1n) is 9.34. The molecule has 1 aromatic carbocycles. The Morgan fingerprint density at radius 3 is 2.56 bits per heavy atom. The van der Waals surface area contributed by atoms with Crippen LogP contribution in [0, 0.1) is 0 Å². The van der Waals surface area contributed by atoms with Gasteiger partial charge in [0.1, 0.15) is 6.04 Å². The van der Waals surface area contributed by atoms with Crippen molar-refractivity contribution < 1.29 is 9.59 Å². The lowest BCUT2D eigenvalue weighted by Gasteiger charge is -2.35. The van der Waals surface area contributed by atoms with Crippen LogP contribution in [0.1, 0.15) is 64.4 Å². The number of para-hydroxylation sites is 1. The SMILES string of the molecule is CCc1cccc2cc3c(nc12)C(C)=CN(C(C)=O)C3C(=O)NC(C)(C)C. The summed E-state index contributed by atoms with van der Waals surface area (Å²) in [4.78, 5) is 31.8. The summed E-state index contributed by atoms with van der Waals surface area (Å²) in [6, 6.07) is 7.38. The highest BCUT2D eigenvalue weighted by molar-refractivity contribution is 5.95. The molecule has 0 bridgehead atoms. The summed E-state index contributed by atoms with van der Waals surface area (Å²) < 4.78 is 0. The van der Waals surface area contributed by atoms with Gasteiger partial charge in [-0.2, -0.15) is 0 Å². The molecule has 0 aliphatic carbocycles. The largest absolute Gasteiger partial charge is 0.349 e. The van der Waals surface area contributed by atoms with E-state index >= 15 is 0 Å². The van der Waals surface area contributed by atoms with E-state index in [2.05, 4.69) is 18.3 Å². The van der Waals surface area contributed by atoms with E-state index in [9.17, 15) is 9.59 Å². The van der Waals surface area contributed by atoms with Crippen LogP contribution >= 0.6 is 0 Å². The molecule has 0 fully saturated rings. The molecule has 0 saturated heterocycles. The molecule has 142 valence electrons. The number of nitrogens with zero attached hydrogens (tertiary/aromatic N) is 2. The van der Waals surface area contributed by atoms with E-state index < -0.39 is 11.6 Å². The van der Waals surface area contributed by atoms with Crippen molar-refractivity contribution in [2.24, 2.45) is 0 Å².